The van der Waals surface area contributed by atoms with Crippen LogP contribution in [-0.4, -0.2) is 32.1 Å². The maximum Gasteiger partial charge on any atom is 0.374 e. The van der Waals surface area contributed by atoms with Crippen molar-refractivity contribution < 1.29 is 29.1 Å². The zero-order valence-electron chi connectivity index (χ0n) is 10.6. The van der Waals surface area contributed by atoms with Crippen LogP contribution < -0.4 is 0 Å². The molecule has 9 heteroatoms. The quantitative estimate of drug-likeness (QED) is 0.642. The highest BCUT2D eigenvalue weighted by Crippen LogP contribution is 2.27. The van der Waals surface area contributed by atoms with Crippen LogP contribution in [0, 0.1) is 17.0 Å². The van der Waals surface area contributed by atoms with E-state index in [2.05, 4.69) is 4.98 Å². The predicted octanol–water partition coefficient (Wildman–Crippen LogP) is 1.95. The Balaban J connectivity index is 2.62. The monoisotopic (exact) mass is 292 g/mol. The number of oxazole rings is 1. The highest BCUT2D eigenvalue weighted by atomic mass is 16.6. The fraction of sp³-hybridized carbons (Fsp3) is 0.0833. The van der Waals surface area contributed by atoms with Gasteiger partial charge in [-0.2, -0.15) is 0 Å². The average Bonchev–Trinajstić information content (AvgIpc) is 2.83. The smallest absolute Gasteiger partial charge is 0.374 e. The number of aryl methyl sites for hydroxylation is 1. The van der Waals surface area contributed by atoms with Gasteiger partial charge in [0.25, 0.3) is 5.69 Å². The molecular weight excluding hydrogens is 284 g/mol. The van der Waals surface area contributed by atoms with Crippen LogP contribution in [0.15, 0.2) is 22.6 Å². The van der Waals surface area contributed by atoms with Gasteiger partial charge in [-0.1, -0.05) is 0 Å². The van der Waals surface area contributed by atoms with Gasteiger partial charge in [0, 0.05) is 17.7 Å². The van der Waals surface area contributed by atoms with E-state index in [0.717, 1.165) is 6.07 Å². The molecule has 2 N–H and O–H groups in total. The first-order valence-electron chi connectivity index (χ1n) is 5.53. The van der Waals surface area contributed by atoms with Crippen LogP contribution in [0.4, 0.5) is 5.69 Å². The zero-order valence-corrected chi connectivity index (χ0v) is 10.6. The summed E-state index contributed by atoms with van der Waals surface area (Å²) in [5, 5.41) is 28.5. The fourth-order valence-corrected chi connectivity index (χ4v) is 1.73. The third-order valence-electron chi connectivity index (χ3n) is 2.54. The highest BCUT2D eigenvalue weighted by molar-refractivity contribution is 5.98. The molecule has 0 aliphatic rings. The molecule has 1 aromatic carbocycles. The Morgan fingerprint density at radius 3 is 2.38 bits per heavy atom. The van der Waals surface area contributed by atoms with Gasteiger partial charge in [0.15, 0.2) is 0 Å². The topological polar surface area (TPSA) is 144 Å². The zero-order chi connectivity index (χ0) is 15.7. The van der Waals surface area contributed by atoms with E-state index in [0.29, 0.717) is 5.56 Å². The predicted molar refractivity (Wildman–Crippen MR) is 67.2 cm³/mol. The Bertz CT molecular complexity index is 731. The summed E-state index contributed by atoms with van der Waals surface area (Å²) in [4.78, 5) is 35.6. The number of hydrogen-bond acceptors (Lipinski definition) is 6. The molecule has 0 bridgehead atoms. The Labute approximate surface area is 116 Å². The number of hydrogen-bond donors (Lipinski definition) is 2. The van der Waals surface area contributed by atoms with Crippen molar-refractivity contribution >= 4 is 17.6 Å². The largest absolute Gasteiger partial charge is 0.476 e. The SMILES string of the molecule is Cc1cc(-c2nc(C(=O)O)c(C(=O)O)o2)cc([N+](=O)[O-])c1. The molecule has 21 heavy (non-hydrogen) atoms. The molecule has 2 aromatic rings. The molecule has 0 fully saturated rings. The second kappa shape index (κ2) is 5.04. The maximum absolute atomic E-state index is 10.9. The van der Waals surface area contributed by atoms with Crippen molar-refractivity contribution in [3.63, 3.8) is 0 Å². The molecule has 1 heterocycles. The summed E-state index contributed by atoms with van der Waals surface area (Å²) in [6.07, 6.45) is 0. The number of aromatic carboxylic acids is 2. The molecule has 0 radical (unpaired) electrons. The first-order chi connectivity index (χ1) is 9.79. The summed E-state index contributed by atoms with van der Waals surface area (Å²) in [7, 11) is 0. The number of nitro groups is 1. The lowest BCUT2D eigenvalue weighted by Gasteiger charge is -1.98. The summed E-state index contributed by atoms with van der Waals surface area (Å²) in [5.74, 6) is -4.30. The normalized spacial score (nSPS) is 10.3. The number of benzene rings is 1. The van der Waals surface area contributed by atoms with E-state index in [1.807, 2.05) is 0 Å². The molecule has 0 saturated carbocycles. The van der Waals surface area contributed by atoms with Crippen LogP contribution in [0.1, 0.15) is 26.6 Å². The Kier molecular flexibility index (Phi) is 3.40. The van der Waals surface area contributed by atoms with E-state index in [4.69, 9.17) is 14.6 Å². The van der Waals surface area contributed by atoms with Gasteiger partial charge in [-0.25, -0.2) is 14.6 Å². The second-order valence-corrected chi connectivity index (χ2v) is 4.12. The molecule has 0 unspecified atom stereocenters. The van der Waals surface area contributed by atoms with Gasteiger partial charge in [-0.05, 0) is 18.6 Å². The van der Waals surface area contributed by atoms with Gasteiger partial charge < -0.3 is 14.6 Å². The lowest BCUT2D eigenvalue weighted by atomic mass is 10.1. The minimum atomic E-state index is -1.59. The van der Waals surface area contributed by atoms with Crippen molar-refractivity contribution in [2.24, 2.45) is 0 Å². The van der Waals surface area contributed by atoms with Gasteiger partial charge in [0.05, 0.1) is 4.92 Å². The first-order valence-corrected chi connectivity index (χ1v) is 5.53. The molecule has 0 aliphatic heterocycles. The van der Waals surface area contributed by atoms with Gasteiger partial charge in [0.2, 0.25) is 17.3 Å². The van der Waals surface area contributed by atoms with Gasteiger partial charge >= 0.3 is 11.9 Å². The minimum absolute atomic E-state index is 0.122. The van der Waals surface area contributed by atoms with Crippen molar-refractivity contribution in [3.05, 3.63) is 45.3 Å². The number of rotatable bonds is 4. The molecule has 0 atom stereocenters. The van der Waals surface area contributed by atoms with Crippen LogP contribution >= 0.6 is 0 Å². The molecule has 2 rings (SSSR count). The third-order valence-corrected chi connectivity index (χ3v) is 2.54. The van der Waals surface area contributed by atoms with Crippen molar-refractivity contribution in [1.29, 1.82) is 0 Å². The average molecular weight is 292 g/mol. The van der Waals surface area contributed by atoms with Crippen molar-refractivity contribution in [2.75, 3.05) is 0 Å². The molecule has 0 amide bonds. The molecular formula is C12H8N2O7. The lowest BCUT2D eigenvalue weighted by molar-refractivity contribution is -0.384. The lowest BCUT2D eigenvalue weighted by Crippen LogP contribution is -2.05. The van der Waals surface area contributed by atoms with Crippen LogP contribution in [0.25, 0.3) is 11.5 Å². The number of nitrogens with zero attached hydrogens (tertiary/aromatic N) is 2. The van der Waals surface area contributed by atoms with Crippen LogP contribution in [0.3, 0.4) is 0 Å². The van der Waals surface area contributed by atoms with E-state index in [9.17, 15) is 19.7 Å². The molecule has 108 valence electrons. The van der Waals surface area contributed by atoms with E-state index >= 15 is 0 Å². The summed E-state index contributed by atoms with van der Waals surface area (Å²) in [6.45, 7) is 1.59. The van der Waals surface area contributed by atoms with Crippen molar-refractivity contribution in [3.8, 4) is 11.5 Å². The van der Waals surface area contributed by atoms with Gasteiger partial charge in [-0.15, -0.1) is 0 Å². The molecule has 1 aromatic heterocycles. The highest BCUT2D eigenvalue weighted by Gasteiger charge is 2.26. The van der Waals surface area contributed by atoms with E-state index < -0.39 is 28.3 Å². The van der Waals surface area contributed by atoms with Gasteiger partial charge in [-0.3, -0.25) is 10.1 Å². The van der Waals surface area contributed by atoms with Crippen molar-refractivity contribution in [1.82, 2.24) is 4.98 Å². The fourth-order valence-electron chi connectivity index (χ4n) is 1.73. The molecule has 9 nitrogen and oxygen atoms in total. The van der Waals surface area contributed by atoms with E-state index in [-0.39, 0.29) is 17.1 Å². The summed E-state index contributed by atoms with van der Waals surface area (Å²) >= 11 is 0. The number of carbonyl (C=O) groups is 2. The summed E-state index contributed by atoms with van der Waals surface area (Å²) < 4.78 is 4.90. The van der Waals surface area contributed by atoms with Crippen LogP contribution in [0.5, 0.6) is 0 Å². The number of non-ortho nitro benzene ring substituents is 1. The number of nitro benzene ring substituents is 1. The van der Waals surface area contributed by atoms with Crippen molar-refractivity contribution in [2.45, 2.75) is 6.92 Å². The molecule has 0 aliphatic carbocycles. The van der Waals surface area contributed by atoms with E-state index in [1.54, 1.807) is 6.92 Å². The Morgan fingerprint density at radius 2 is 1.90 bits per heavy atom. The standard InChI is InChI=1S/C12H8N2O7/c1-5-2-6(4-7(3-5)14(19)20)10-13-8(11(15)16)9(21-10)12(17)18/h2-4H,1H3,(H,15,16)(H,17,18). The molecule has 0 spiro atoms. The number of aromatic nitrogens is 1. The Morgan fingerprint density at radius 1 is 1.24 bits per heavy atom. The molecule has 0 saturated heterocycles. The van der Waals surface area contributed by atoms with Crippen LogP contribution in [0.2, 0.25) is 0 Å². The Hall–Kier alpha value is -3.23. The summed E-state index contributed by atoms with van der Waals surface area (Å²) in [5.41, 5.74) is -0.360. The summed E-state index contributed by atoms with van der Waals surface area (Å²) in [6, 6.07) is 3.90. The van der Waals surface area contributed by atoms with E-state index in [1.165, 1.54) is 12.1 Å². The minimum Gasteiger partial charge on any atom is -0.476 e. The first kappa shape index (κ1) is 14.2. The van der Waals surface area contributed by atoms with Gasteiger partial charge in [0.1, 0.15) is 0 Å². The number of carboxylic acid groups (broad SMARTS) is 2. The van der Waals surface area contributed by atoms with Crippen LogP contribution in [-0.2, 0) is 0 Å². The maximum atomic E-state index is 10.9. The third kappa shape index (κ3) is 2.71. The number of carboxylic acids is 2. The second-order valence-electron chi connectivity index (χ2n) is 4.12.